The van der Waals surface area contributed by atoms with E-state index in [9.17, 15) is 14.4 Å². The molecular formula is C15H21N3O4. The first-order valence-corrected chi connectivity index (χ1v) is 7.08. The molecule has 0 aliphatic heterocycles. The molecule has 0 bridgehead atoms. The zero-order valence-corrected chi connectivity index (χ0v) is 12.7. The topological polar surface area (TPSA) is 108 Å². The Labute approximate surface area is 129 Å². The molecule has 0 aliphatic rings. The highest BCUT2D eigenvalue weighted by molar-refractivity contribution is 5.87. The Bertz CT molecular complexity index is 517. The molecule has 7 nitrogen and oxygen atoms in total. The predicted molar refractivity (Wildman–Crippen MR) is 79.7 cm³/mol. The maximum absolute atomic E-state index is 11.7. The Hall–Kier alpha value is -2.44. The van der Waals surface area contributed by atoms with Crippen LogP contribution in [0.5, 0.6) is 0 Å². The molecule has 0 fully saturated rings. The van der Waals surface area contributed by atoms with Crippen molar-refractivity contribution in [3.63, 3.8) is 0 Å². The number of amides is 2. The zero-order chi connectivity index (χ0) is 16.5. The lowest BCUT2D eigenvalue weighted by Crippen LogP contribution is -2.44. The summed E-state index contributed by atoms with van der Waals surface area (Å²) in [4.78, 5) is 38.2. The van der Waals surface area contributed by atoms with Crippen molar-refractivity contribution in [2.45, 2.75) is 39.3 Å². The minimum Gasteiger partial charge on any atom is -0.480 e. The number of carboxylic acid groups (broad SMARTS) is 1. The summed E-state index contributed by atoms with van der Waals surface area (Å²) in [6.45, 7) is 3.76. The van der Waals surface area contributed by atoms with Gasteiger partial charge in [-0.3, -0.25) is 14.6 Å². The molecule has 22 heavy (non-hydrogen) atoms. The minimum atomic E-state index is -1.08. The Morgan fingerprint density at radius 2 is 1.91 bits per heavy atom. The predicted octanol–water partition coefficient (Wildman–Crippen LogP) is 0.703. The number of carbonyl (C=O) groups is 3. The van der Waals surface area contributed by atoms with Crippen LogP contribution in [0, 0.1) is 5.92 Å². The zero-order valence-electron chi connectivity index (χ0n) is 12.7. The van der Waals surface area contributed by atoms with Crippen molar-refractivity contribution in [1.29, 1.82) is 0 Å². The molecule has 1 atom stereocenters. The summed E-state index contributed by atoms with van der Waals surface area (Å²) >= 11 is 0. The van der Waals surface area contributed by atoms with E-state index in [-0.39, 0.29) is 24.7 Å². The van der Waals surface area contributed by atoms with E-state index in [1.165, 1.54) is 0 Å². The first-order chi connectivity index (χ1) is 10.4. The third kappa shape index (κ3) is 6.34. The number of hydrogen-bond donors (Lipinski definition) is 3. The second-order valence-electron chi connectivity index (χ2n) is 5.27. The Balaban J connectivity index is 2.31. The number of carbonyl (C=O) groups excluding carboxylic acids is 2. The highest BCUT2D eigenvalue weighted by Crippen LogP contribution is 2.03. The fourth-order valence-corrected chi connectivity index (χ4v) is 1.78. The lowest BCUT2D eigenvalue weighted by Gasteiger charge is -2.17. The number of pyridine rings is 1. The number of carboxylic acids is 1. The van der Waals surface area contributed by atoms with Crippen LogP contribution in [0.3, 0.4) is 0 Å². The molecule has 2 amide bonds. The molecule has 1 rings (SSSR count). The summed E-state index contributed by atoms with van der Waals surface area (Å²) in [7, 11) is 0. The van der Waals surface area contributed by atoms with Gasteiger partial charge in [-0.2, -0.15) is 0 Å². The van der Waals surface area contributed by atoms with Crippen molar-refractivity contribution < 1.29 is 19.5 Å². The normalized spacial score (nSPS) is 11.8. The highest BCUT2D eigenvalue weighted by atomic mass is 16.4. The summed E-state index contributed by atoms with van der Waals surface area (Å²) in [5.41, 5.74) is 0.867. The number of aromatic nitrogens is 1. The molecule has 1 heterocycles. The second-order valence-corrected chi connectivity index (χ2v) is 5.27. The number of nitrogens with one attached hydrogen (secondary N) is 2. The van der Waals surface area contributed by atoms with Gasteiger partial charge < -0.3 is 15.7 Å². The Morgan fingerprint density at radius 1 is 1.23 bits per heavy atom. The van der Waals surface area contributed by atoms with Gasteiger partial charge in [-0.15, -0.1) is 0 Å². The van der Waals surface area contributed by atoms with Crippen molar-refractivity contribution >= 4 is 17.8 Å². The van der Waals surface area contributed by atoms with Gasteiger partial charge in [-0.05, 0) is 17.5 Å². The van der Waals surface area contributed by atoms with Crippen LogP contribution in [0.1, 0.15) is 32.3 Å². The van der Waals surface area contributed by atoms with Gasteiger partial charge in [0.05, 0.1) is 0 Å². The molecule has 0 aliphatic carbocycles. The monoisotopic (exact) mass is 307 g/mol. The molecule has 7 heteroatoms. The van der Waals surface area contributed by atoms with Gasteiger partial charge >= 0.3 is 5.97 Å². The fraction of sp³-hybridized carbons (Fsp3) is 0.467. The van der Waals surface area contributed by atoms with Crippen molar-refractivity contribution in [2.24, 2.45) is 5.92 Å². The summed E-state index contributed by atoms with van der Waals surface area (Å²) in [5, 5.41) is 14.1. The fourth-order valence-electron chi connectivity index (χ4n) is 1.78. The van der Waals surface area contributed by atoms with Crippen LogP contribution in [0.15, 0.2) is 24.5 Å². The van der Waals surface area contributed by atoms with Crippen molar-refractivity contribution in [3.8, 4) is 0 Å². The quantitative estimate of drug-likeness (QED) is 0.655. The van der Waals surface area contributed by atoms with E-state index in [4.69, 9.17) is 5.11 Å². The SMILES string of the molecule is CC(C)C(NC(=O)CCC(=O)NCc1cccnc1)C(=O)O. The van der Waals surface area contributed by atoms with E-state index >= 15 is 0 Å². The van der Waals surface area contributed by atoms with E-state index < -0.39 is 17.9 Å². The van der Waals surface area contributed by atoms with Crippen LogP contribution in [0.25, 0.3) is 0 Å². The van der Waals surface area contributed by atoms with Gasteiger partial charge in [0.15, 0.2) is 0 Å². The van der Waals surface area contributed by atoms with Crippen molar-refractivity contribution in [2.75, 3.05) is 0 Å². The molecule has 120 valence electrons. The van der Waals surface area contributed by atoms with Gasteiger partial charge in [0.2, 0.25) is 11.8 Å². The molecule has 0 aromatic carbocycles. The van der Waals surface area contributed by atoms with Crippen LogP contribution in [-0.4, -0.2) is 33.9 Å². The van der Waals surface area contributed by atoms with Crippen molar-refractivity contribution in [1.82, 2.24) is 15.6 Å². The smallest absolute Gasteiger partial charge is 0.326 e. The van der Waals surface area contributed by atoms with Gasteiger partial charge in [0.1, 0.15) is 6.04 Å². The molecule has 0 saturated carbocycles. The number of rotatable bonds is 8. The lowest BCUT2D eigenvalue weighted by atomic mass is 10.0. The standard InChI is InChI=1S/C15H21N3O4/c1-10(2)14(15(21)22)18-13(20)6-5-12(19)17-9-11-4-3-7-16-8-11/h3-4,7-8,10,14H,5-6,9H2,1-2H3,(H,17,19)(H,18,20)(H,21,22). The summed E-state index contributed by atoms with van der Waals surface area (Å²) in [6.07, 6.45) is 3.25. The third-order valence-electron chi connectivity index (χ3n) is 3.04. The molecule has 1 unspecified atom stereocenters. The summed E-state index contributed by atoms with van der Waals surface area (Å²) in [6, 6.07) is 2.67. The minimum absolute atomic E-state index is 0.0104. The van der Waals surface area contributed by atoms with E-state index in [1.54, 1.807) is 32.3 Å². The van der Waals surface area contributed by atoms with Crippen LogP contribution in [-0.2, 0) is 20.9 Å². The molecule has 0 spiro atoms. The second kappa shape index (κ2) is 8.76. The molecule has 1 aromatic rings. The lowest BCUT2D eigenvalue weighted by molar-refractivity contribution is -0.143. The van der Waals surface area contributed by atoms with Crippen LogP contribution in [0.2, 0.25) is 0 Å². The van der Waals surface area contributed by atoms with Gasteiger partial charge in [-0.25, -0.2) is 4.79 Å². The largest absolute Gasteiger partial charge is 0.480 e. The summed E-state index contributed by atoms with van der Waals surface area (Å²) < 4.78 is 0. The van der Waals surface area contributed by atoms with E-state index in [2.05, 4.69) is 15.6 Å². The van der Waals surface area contributed by atoms with Gasteiger partial charge in [0.25, 0.3) is 0 Å². The van der Waals surface area contributed by atoms with E-state index in [1.807, 2.05) is 6.07 Å². The van der Waals surface area contributed by atoms with Crippen molar-refractivity contribution in [3.05, 3.63) is 30.1 Å². The Kier molecular flexibility index (Phi) is 7.01. The molecule has 1 aromatic heterocycles. The van der Waals surface area contributed by atoms with Crippen LogP contribution in [0.4, 0.5) is 0 Å². The maximum atomic E-state index is 11.7. The van der Waals surface area contributed by atoms with Gasteiger partial charge in [0, 0.05) is 31.8 Å². The number of hydrogen-bond acceptors (Lipinski definition) is 4. The first-order valence-electron chi connectivity index (χ1n) is 7.08. The molecule has 0 saturated heterocycles. The molecule has 0 radical (unpaired) electrons. The molecule has 3 N–H and O–H groups in total. The van der Waals surface area contributed by atoms with Crippen LogP contribution >= 0.6 is 0 Å². The molecular weight excluding hydrogens is 286 g/mol. The average molecular weight is 307 g/mol. The van der Waals surface area contributed by atoms with E-state index in [0.717, 1.165) is 5.56 Å². The van der Waals surface area contributed by atoms with Crippen LogP contribution < -0.4 is 10.6 Å². The first kappa shape index (κ1) is 17.6. The summed E-state index contributed by atoms with van der Waals surface area (Å²) in [5.74, 6) is -2.02. The number of aliphatic carboxylic acids is 1. The maximum Gasteiger partial charge on any atom is 0.326 e. The van der Waals surface area contributed by atoms with Gasteiger partial charge in [-0.1, -0.05) is 19.9 Å². The third-order valence-corrected chi connectivity index (χ3v) is 3.04. The van der Waals surface area contributed by atoms with E-state index in [0.29, 0.717) is 6.54 Å². The number of nitrogens with zero attached hydrogens (tertiary/aromatic N) is 1. The Morgan fingerprint density at radius 3 is 2.45 bits per heavy atom. The average Bonchev–Trinajstić information content (AvgIpc) is 2.49. The highest BCUT2D eigenvalue weighted by Gasteiger charge is 2.23.